The lowest BCUT2D eigenvalue weighted by Gasteiger charge is -2.21. The second-order valence-electron chi connectivity index (χ2n) is 3.70. The van der Waals surface area contributed by atoms with Crippen LogP contribution < -0.4 is 0 Å². The fourth-order valence-corrected chi connectivity index (χ4v) is 1.48. The molecule has 2 heteroatoms. The van der Waals surface area contributed by atoms with Crippen LogP contribution in [0.2, 0.25) is 0 Å². The van der Waals surface area contributed by atoms with Gasteiger partial charge in [0.15, 0.2) is 0 Å². The summed E-state index contributed by atoms with van der Waals surface area (Å²) < 4.78 is 0. The largest absolute Gasteiger partial charge is 0.236 e. The van der Waals surface area contributed by atoms with Crippen molar-refractivity contribution < 1.29 is 9.78 Å². The van der Waals surface area contributed by atoms with E-state index < -0.39 is 0 Å². The quantitative estimate of drug-likeness (QED) is 0.553. The standard InChI is InChI=1S/C8H16O2/c1-7(2)6-8(3)4-5-9-10-8/h7H,4-6H2,1-3H3. The topological polar surface area (TPSA) is 18.5 Å². The Morgan fingerprint density at radius 1 is 1.50 bits per heavy atom. The molecular weight excluding hydrogens is 128 g/mol. The summed E-state index contributed by atoms with van der Waals surface area (Å²) in [6.45, 7) is 7.27. The lowest BCUT2D eigenvalue weighted by Crippen LogP contribution is -2.24. The summed E-state index contributed by atoms with van der Waals surface area (Å²) in [6.07, 6.45) is 2.12. The number of hydrogen-bond acceptors (Lipinski definition) is 2. The van der Waals surface area contributed by atoms with E-state index in [1.165, 1.54) is 0 Å². The van der Waals surface area contributed by atoms with Crippen LogP contribution in [0.4, 0.5) is 0 Å². The van der Waals surface area contributed by atoms with Gasteiger partial charge in [-0.05, 0) is 19.3 Å². The summed E-state index contributed by atoms with van der Waals surface area (Å²) >= 11 is 0. The molecule has 1 saturated heterocycles. The van der Waals surface area contributed by atoms with Gasteiger partial charge in [-0.25, -0.2) is 9.78 Å². The first-order valence-electron chi connectivity index (χ1n) is 3.93. The molecule has 0 spiro atoms. The first-order valence-corrected chi connectivity index (χ1v) is 3.93. The zero-order chi connectivity index (χ0) is 7.61. The van der Waals surface area contributed by atoms with Crippen LogP contribution in [0.5, 0.6) is 0 Å². The third-order valence-corrected chi connectivity index (χ3v) is 1.81. The van der Waals surface area contributed by atoms with Crippen LogP contribution >= 0.6 is 0 Å². The molecule has 0 saturated carbocycles. The van der Waals surface area contributed by atoms with E-state index in [0.717, 1.165) is 19.4 Å². The van der Waals surface area contributed by atoms with Gasteiger partial charge in [0.2, 0.25) is 0 Å². The number of hydrogen-bond donors (Lipinski definition) is 0. The number of rotatable bonds is 2. The van der Waals surface area contributed by atoms with Gasteiger partial charge in [0.1, 0.15) is 5.60 Å². The van der Waals surface area contributed by atoms with Crippen LogP contribution in [-0.2, 0) is 9.78 Å². The van der Waals surface area contributed by atoms with Crippen molar-refractivity contribution in [2.75, 3.05) is 6.61 Å². The van der Waals surface area contributed by atoms with Gasteiger partial charge in [-0.3, -0.25) is 0 Å². The highest BCUT2D eigenvalue weighted by Crippen LogP contribution is 2.29. The van der Waals surface area contributed by atoms with Gasteiger partial charge < -0.3 is 0 Å². The van der Waals surface area contributed by atoms with Crippen LogP contribution in [0, 0.1) is 5.92 Å². The molecule has 1 atom stereocenters. The lowest BCUT2D eigenvalue weighted by atomic mass is 9.92. The van der Waals surface area contributed by atoms with Gasteiger partial charge in [0.05, 0.1) is 6.61 Å². The molecule has 1 aliphatic heterocycles. The molecule has 0 amide bonds. The predicted molar refractivity (Wildman–Crippen MR) is 39.5 cm³/mol. The fourth-order valence-electron chi connectivity index (χ4n) is 1.48. The summed E-state index contributed by atoms with van der Waals surface area (Å²) in [5, 5.41) is 0. The Hall–Kier alpha value is -0.0800. The molecule has 1 unspecified atom stereocenters. The van der Waals surface area contributed by atoms with Crippen molar-refractivity contribution in [1.82, 2.24) is 0 Å². The van der Waals surface area contributed by atoms with Crippen molar-refractivity contribution in [3.63, 3.8) is 0 Å². The van der Waals surface area contributed by atoms with Gasteiger partial charge in [0, 0.05) is 6.42 Å². The van der Waals surface area contributed by atoms with E-state index in [4.69, 9.17) is 9.78 Å². The second-order valence-corrected chi connectivity index (χ2v) is 3.70. The van der Waals surface area contributed by atoms with Crippen molar-refractivity contribution >= 4 is 0 Å². The third kappa shape index (κ3) is 1.96. The normalized spacial score (nSPS) is 33.6. The summed E-state index contributed by atoms with van der Waals surface area (Å²) in [4.78, 5) is 10.0. The Bertz CT molecular complexity index is 104. The first kappa shape index (κ1) is 8.02. The minimum absolute atomic E-state index is 0.00579. The van der Waals surface area contributed by atoms with Crippen LogP contribution in [0.15, 0.2) is 0 Å². The second kappa shape index (κ2) is 2.89. The molecule has 1 aliphatic rings. The van der Waals surface area contributed by atoms with E-state index in [2.05, 4.69) is 20.8 Å². The first-order chi connectivity index (χ1) is 4.62. The average molecular weight is 144 g/mol. The molecular formula is C8H16O2. The van der Waals surface area contributed by atoms with Gasteiger partial charge in [-0.15, -0.1) is 0 Å². The maximum absolute atomic E-state index is 5.15. The van der Waals surface area contributed by atoms with E-state index in [0.29, 0.717) is 5.92 Å². The summed E-state index contributed by atoms with van der Waals surface area (Å²) in [5.41, 5.74) is -0.00579. The van der Waals surface area contributed by atoms with E-state index in [-0.39, 0.29) is 5.60 Å². The molecule has 1 heterocycles. The predicted octanol–water partition coefficient (Wildman–Crippen LogP) is 2.14. The minimum Gasteiger partial charge on any atom is -0.236 e. The van der Waals surface area contributed by atoms with Crippen LogP contribution in [0.3, 0.4) is 0 Å². The Morgan fingerprint density at radius 2 is 2.20 bits per heavy atom. The zero-order valence-corrected chi connectivity index (χ0v) is 7.02. The lowest BCUT2D eigenvalue weighted by molar-refractivity contribution is -0.307. The SMILES string of the molecule is CC(C)CC1(C)CCOO1. The van der Waals surface area contributed by atoms with E-state index in [1.807, 2.05) is 0 Å². The van der Waals surface area contributed by atoms with E-state index in [1.54, 1.807) is 0 Å². The molecule has 0 aromatic carbocycles. The molecule has 0 aliphatic carbocycles. The van der Waals surface area contributed by atoms with Gasteiger partial charge in [0.25, 0.3) is 0 Å². The zero-order valence-electron chi connectivity index (χ0n) is 7.02. The Balaban J connectivity index is 2.36. The van der Waals surface area contributed by atoms with Gasteiger partial charge in [-0.1, -0.05) is 13.8 Å². The van der Waals surface area contributed by atoms with E-state index >= 15 is 0 Å². The summed E-state index contributed by atoms with van der Waals surface area (Å²) in [7, 11) is 0. The van der Waals surface area contributed by atoms with Crippen LogP contribution in [0.1, 0.15) is 33.6 Å². The third-order valence-electron chi connectivity index (χ3n) is 1.81. The molecule has 0 aromatic heterocycles. The van der Waals surface area contributed by atoms with Gasteiger partial charge >= 0.3 is 0 Å². The maximum atomic E-state index is 5.15. The van der Waals surface area contributed by atoms with E-state index in [9.17, 15) is 0 Å². The highest BCUT2D eigenvalue weighted by Gasteiger charge is 2.32. The molecule has 60 valence electrons. The summed E-state index contributed by atoms with van der Waals surface area (Å²) in [5.74, 6) is 0.687. The van der Waals surface area contributed by atoms with Crippen molar-refractivity contribution in [2.45, 2.75) is 39.2 Å². The highest BCUT2D eigenvalue weighted by atomic mass is 17.2. The molecule has 10 heavy (non-hydrogen) atoms. The van der Waals surface area contributed by atoms with Crippen molar-refractivity contribution in [2.24, 2.45) is 5.92 Å². The van der Waals surface area contributed by atoms with Crippen molar-refractivity contribution in [3.05, 3.63) is 0 Å². The molecule has 1 rings (SSSR count). The monoisotopic (exact) mass is 144 g/mol. The Kier molecular flexibility index (Phi) is 2.32. The average Bonchev–Trinajstić information content (AvgIpc) is 2.12. The van der Waals surface area contributed by atoms with Crippen LogP contribution in [-0.4, -0.2) is 12.2 Å². The van der Waals surface area contributed by atoms with Crippen molar-refractivity contribution in [1.29, 1.82) is 0 Å². The fraction of sp³-hybridized carbons (Fsp3) is 1.00. The smallest absolute Gasteiger partial charge is 0.103 e. The minimum atomic E-state index is -0.00579. The molecule has 1 fully saturated rings. The van der Waals surface area contributed by atoms with Crippen molar-refractivity contribution in [3.8, 4) is 0 Å². The molecule has 0 radical (unpaired) electrons. The Morgan fingerprint density at radius 3 is 2.60 bits per heavy atom. The maximum Gasteiger partial charge on any atom is 0.103 e. The molecule has 0 N–H and O–H groups in total. The highest BCUT2D eigenvalue weighted by molar-refractivity contribution is 4.77. The van der Waals surface area contributed by atoms with Crippen LogP contribution in [0.25, 0.3) is 0 Å². The van der Waals surface area contributed by atoms with Gasteiger partial charge in [-0.2, -0.15) is 0 Å². The Labute approximate surface area is 62.4 Å². The molecule has 0 aromatic rings. The molecule has 2 nitrogen and oxygen atoms in total. The summed E-state index contributed by atoms with van der Waals surface area (Å²) in [6, 6.07) is 0. The molecule has 0 bridgehead atoms.